The van der Waals surface area contributed by atoms with Crippen LogP contribution in [0.1, 0.15) is 33.3 Å². The zero-order chi connectivity index (χ0) is 18.2. The number of carbonyl (C=O) groups excluding carboxylic acids is 2. The third-order valence-corrected chi connectivity index (χ3v) is 3.02. The number of carbonyl (C=O) groups is 2. The van der Waals surface area contributed by atoms with Crippen molar-refractivity contribution in [2.75, 3.05) is 13.2 Å². The highest BCUT2D eigenvalue weighted by atomic mass is 16.7. The van der Waals surface area contributed by atoms with Gasteiger partial charge in [0.15, 0.2) is 0 Å². The van der Waals surface area contributed by atoms with E-state index in [2.05, 4.69) is 5.48 Å². The minimum absolute atomic E-state index is 0.117. The molecule has 24 heavy (non-hydrogen) atoms. The molecule has 0 fully saturated rings. The first kappa shape index (κ1) is 19.9. The van der Waals surface area contributed by atoms with Crippen molar-refractivity contribution < 1.29 is 24.3 Å². The fourth-order valence-electron chi connectivity index (χ4n) is 1.96. The van der Waals surface area contributed by atoms with Gasteiger partial charge >= 0.3 is 12.1 Å². The SMILES string of the molecule is CCOC(=O)N(C(=O)NOC(C)(C)C)[C@@H](CO)Cc1ccccc1. The molecule has 0 aliphatic carbocycles. The van der Waals surface area contributed by atoms with Gasteiger partial charge in [0, 0.05) is 0 Å². The number of aliphatic hydroxyl groups is 1. The number of nitrogens with one attached hydrogen (secondary N) is 1. The molecule has 0 unspecified atom stereocenters. The van der Waals surface area contributed by atoms with E-state index in [1.165, 1.54) is 0 Å². The summed E-state index contributed by atoms with van der Waals surface area (Å²) >= 11 is 0. The lowest BCUT2D eigenvalue weighted by Crippen LogP contribution is -2.53. The maximum Gasteiger partial charge on any atom is 0.418 e. The van der Waals surface area contributed by atoms with E-state index in [0.29, 0.717) is 6.42 Å². The molecule has 1 aromatic carbocycles. The Morgan fingerprint density at radius 2 is 1.88 bits per heavy atom. The Balaban J connectivity index is 2.92. The second-order valence-electron chi connectivity index (χ2n) is 6.22. The molecule has 1 atom stereocenters. The molecule has 1 rings (SSSR count). The summed E-state index contributed by atoms with van der Waals surface area (Å²) in [5.74, 6) is 0. The van der Waals surface area contributed by atoms with Crippen molar-refractivity contribution in [3.8, 4) is 0 Å². The van der Waals surface area contributed by atoms with Gasteiger partial charge in [-0.3, -0.25) is 4.84 Å². The molecule has 3 amide bonds. The first-order valence-corrected chi connectivity index (χ1v) is 7.87. The Morgan fingerprint density at radius 1 is 1.25 bits per heavy atom. The summed E-state index contributed by atoms with van der Waals surface area (Å²) in [6.07, 6.45) is -0.526. The first-order valence-electron chi connectivity index (χ1n) is 7.87. The summed E-state index contributed by atoms with van der Waals surface area (Å²) in [6.45, 7) is 6.65. The van der Waals surface area contributed by atoms with E-state index in [4.69, 9.17) is 9.57 Å². The van der Waals surface area contributed by atoms with Crippen LogP contribution in [0.4, 0.5) is 9.59 Å². The van der Waals surface area contributed by atoms with Crippen molar-refractivity contribution >= 4 is 12.1 Å². The van der Waals surface area contributed by atoms with E-state index < -0.39 is 30.4 Å². The molecule has 0 saturated carbocycles. The number of imide groups is 1. The molecule has 0 aliphatic heterocycles. The number of benzene rings is 1. The Hall–Kier alpha value is -2.12. The van der Waals surface area contributed by atoms with E-state index in [9.17, 15) is 14.7 Å². The number of urea groups is 1. The summed E-state index contributed by atoms with van der Waals surface area (Å²) in [4.78, 5) is 30.6. The summed E-state index contributed by atoms with van der Waals surface area (Å²) in [6, 6.07) is 7.73. The second kappa shape index (κ2) is 9.24. The predicted molar refractivity (Wildman–Crippen MR) is 89.3 cm³/mol. The van der Waals surface area contributed by atoms with Crippen molar-refractivity contribution in [1.82, 2.24) is 10.4 Å². The highest BCUT2D eigenvalue weighted by Crippen LogP contribution is 2.12. The van der Waals surface area contributed by atoms with E-state index in [-0.39, 0.29) is 6.61 Å². The van der Waals surface area contributed by atoms with Crippen molar-refractivity contribution in [2.45, 2.75) is 45.8 Å². The molecule has 7 nitrogen and oxygen atoms in total. The minimum atomic E-state index is -0.831. The van der Waals surface area contributed by atoms with Crippen LogP contribution in [0, 0.1) is 0 Å². The Labute approximate surface area is 142 Å². The number of aliphatic hydroxyl groups excluding tert-OH is 1. The lowest BCUT2D eigenvalue weighted by molar-refractivity contribution is -0.0602. The number of amides is 3. The van der Waals surface area contributed by atoms with Crippen LogP contribution in [0.15, 0.2) is 30.3 Å². The maximum atomic E-state index is 12.4. The highest BCUT2D eigenvalue weighted by molar-refractivity contribution is 5.90. The molecule has 0 bridgehead atoms. The largest absolute Gasteiger partial charge is 0.449 e. The Morgan fingerprint density at radius 3 is 2.38 bits per heavy atom. The maximum absolute atomic E-state index is 12.4. The molecule has 0 spiro atoms. The van der Waals surface area contributed by atoms with Gasteiger partial charge in [-0.1, -0.05) is 30.3 Å². The standard InChI is InChI=1S/C17H26N2O5/c1-5-23-16(22)19(15(21)18-24-17(2,3)4)14(12-20)11-13-9-7-6-8-10-13/h6-10,14,20H,5,11-12H2,1-4H3,(H,18,21)/t14-/m1/s1. The van der Waals surface area contributed by atoms with Gasteiger partial charge < -0.3 is 9.84 Å². The fraction of sp³-hybridized carbons (Fsp3) is 0.529. The number of hydroxylamine groups is 1. The first-order chi connectivity index (χ1) is 11.3. The number of rotatable bonds is 6. The van der Waals surface area contributed by atoms with Gasteiger partial charge in [-0.2, -0.15) is 0 Å². The molecule has 0 radical (unpaired) electrons. The van der Waals surface area contributed by atoms with Crippen LogP contribution in [0.25, 0.3) is 0 Å². The number of ether oxygens (including phenoxy) is 1. The number of nitrogens with zero attached hydrogens (tertiary/aromatic N) is 1. The lowest BCUT2D eigenvalue weighted by Gasteiger charge is -2.29. The number of hydrogen-bond donors (Lipinski definition) is 2. The molecule has 134 valence electrons. The van der Waals surface area contributed by atoms with Crippen molar-refractivity contribution in [3.05, 3.63) is 35.9 Å². The predicted octanol–water partition coefficient (Wildman–Crippen LogP) is 2.49. The third-order valence-electron chi connectivity index (χ3n) is 3.02. The Kier molecular flexibility index (Phi) is 7.67. The monoisotopic (exact) mass is 338 g/mol. The molecular weight excluding hydrogens is 312 g/mol. The normalized spacial score (nSPS) is 12.4. The fourth-order valence-corrected chi connectivity index (χ4v) is 1.96. The van der Waals surface area contributed by atoms with Gasteiger partial charge in [0.05, 0.1) is 24.9 Å². The smallest absolute Gasteiger partial charge is 0.418 e. The van der Waals surface area contributed by atoms with Gasteiger partial charge in [0.2, 0.25) is 0 Å². The number of hydrogen-bond acceptors (Lipinski definition) is 5. The molecule has 2 N–H and O–H groups in total. The van der Waals surface area contributed by atoms with Crippen LogP contribution in [0.3, 0.4) is 0 Å². The Bertz CT molecular complexity index is 528. The van der Waals surface area contributed by atoms with Crippen LogP contribution in [-0.4, -0.2) is 47.0 Å². The summed E-state index contributed by atoms with van der Waals surface area (Å²) in [5.41, 5.74) is 2.50. The highest BCUT2D eigenvalue weighted by Gasteiger charge is 2.32. The molecule has 0 heterocycles. The van der Waals surface area contributed by atoms with E-state index >= 15 is 0 Å². The van der Waals surface area contributed by atoms with Gasteiger partial charge in [-0.25, -0.2) is 20.0 Å². The van der Waals surface area contributed by atoms with Crippen LogP contribution in [-0.2, 0) is 16.0 Å². The zero-order valence-electron chi connectivity index (χ0n) is 14.6. The molecule has 0 aliphatic rings. The zero-order valence-corrected chi connectivity index (χ0v) is 14.6. The second-order valence-corrected chi connectivity index (χ2v) is 6.22. The summed E-state index contributed by atoms with van der Waals surface area (Å²) in [5, 5.41) is 9.68. The van der Waals surface area contributed by atoms with Crippen LogP contribution in [0.2, 0.25) is 0 Å². The summed E-state index contributed by atoms with van der Waals surface area (Å²) < 4.78 is 4.94. The molecule has 0 saturated heterocycles. The lowest BCUT2D eigenvalue weighted by atomic mass is 10.1. The van der Waals surface area contributed by atoms with Crippen molar-refractivity contribution in [3.63, 3.8) is 0 Å². The van der Waals surface area contributed by atoms with Gasteiger partial charge in [-0.15, -0.1) is 0 Å². The van der Waals surface area contributed by atoms with E-state index in [1.54, 1.807) is 27.7 Å². The molecule has 0 aromatic heterocycles. The van der Waals surface area contributed by atoms with Gasteiger partial charge in [0.25, 0.3) is 0 Å². The van der Waals surface area contributed by atoms with Crippen molar-refractivity contribution in [2.24, 2.45) is 0 Å². The van der Waals surface area contributed by atoms with Gasteiger partial charge in [-0.05, 0) is 39.7 Å². The average Bonchev–Trinajstić information content (AvgIpc) is 2.53. The molecule has 1 aromatic rings. The average molecular weight is 338 g/mol. The molecule has 7 heteroatoms. The molecular formula is C17H26N2O5. The van der Waals surface area contributed by atoms with Crippen LogP contribution in [0.5, 0.6) is 0 Å². The van der Waals surface area contributed by atoms with E-state index in [1.807, 2.05) is 30.3 Å². The summed E-state index contributed by atoms with van der Waals surface area (Å²) in [7, 11) is 0. The topological polar surface area (TPSA) is 88.1 Å². The van der Waals surface area contributed by atoms with Crippen LogP contribution >= 0.6 is 0 Å². The minimum Gasteiger partial charge on any atom is -0.449 e. The quantitative estimate of drug-likeness (QED) is 0.778. The van der Waals surface area contributed by atoms with Crippen molar-refractivity contribution in [1.29, 1.82) is 0 Å². The van der Waals surface area contributed by atoms with Crippen LogP contribution < -0.4 is 5.48 Å². The van der Waals surface area contributed by atoms with E-state index in [0.717, 1.165) is 10.5 Å². The third kappa shape index (κ3) is 6.55. The van der Waals surface area contributed by atoms with Gasteiger partial charge in [0.1, 0.15) is 0 Å².